The Morgan fingerprint density at radius 2 is 1.79 bits per heavy atom. The lowest BCUT2D eigenvalue weighted by atomic mass is 10.2. The van der Waals surface area contributed by atoms with E-state index < -0.39 is 17.7 Å². The molecule has 2 rings (SSSR count). The summed E-state index contributed by atoms with van der Waals surface area (Å²) in [5.41, 5.74) is 0.272. The van der Waals surface area contributed by atoms with Gasteiger partial charge in [0.1, 0.15) is 11.6 Å². The molecule has 0 fully saturated rings. The van der Waals surface area contributed by atoms with E-state index in [2.05, 4.69) is 10.3 Å². The topological polar surface area (TPSA) is 79.3 Å². The Balaban J connectivity index is 2.17. The minimum absolute atomic E-state index is 0.0180. The zero-order valence-corrected chi connectivity index (χ0v) is 9.63. The number of anilines is 1. The summed E-state index contributed by atoms with van der Waals surface area (Å²) in [4.78, 5) is 26.4. The van der Waals surface area contributed by atoms with Crippen LogP contribution in [0.3, 0.4) is 0 Å². The van der Waals surface area contributed by atoms with Crippen LogP contribution in [-0.2, 0) is 0 Å². The standard InChI is InChI=1S/C13H9FN2O3/c14-10-3-1-8(2-4-10)12(17)16-11-7-9(13(18)19)5-6-15-11/h1-7H,(H,18,19)(H,15,16,17). The Morgan fingerprint density at radius 1 is 1.11 bits per heavy atom. The second kappa shape index (κ2) is 5.26. The highest BCUT2D eigenvalue weighted by atomic mass is 19.1. The van der Waals surface area contributed by atoms with Crippen LogP contribution >= 0.6 is 0 Å². The molecule has 0 spiro atoms. The van der Waals surface area contributed by atoms with Gasteiger partial charge < -0.3 is 10.4 Å². The summed E-state index contributed by atoms with van der Waals surface area (Å²) in [5, 5.41) is 11.2. The van der Waals surface area contributed by atoms with Gasteiger partial charge in [-0.25, -0.2) is 14.2 Å². The Hall–Kier alpha value is -2.76. The van der Waals surface area contributed by atoms with Crippen LogP contribution in [0, 0.1) is 5.82 Å². The maximum Gasteiger partial charge on any atom is 0.335 e. The number of hydrogen-bond donors (Lipinski definition) is 2. The lowest BCUT2D eigenvalue weighted by Crippen LogP contribution is -2.13. The highest BCUT2D eigenvalue weighted by molar-refractivity contribution is 6.04. The number of aromatic nitrogens is 1. The summed E-state index contributed by atoms with van der Waals surface area (Å²) >= 11 is 0. The van der Waals surface area contributed by atoms with E-state index >= 15 is 0 Å². The number of aromatic carboxylic acids is 1. The molecule has 0 atom stereocenters. The molecule has 1 amide bonds. The fourth-order valence-electron chi connectivity index (χ4n) is 1.42. The molecule has 0 saturated carbocycles. The van der Waals surface area contributed by atoms with Crippen LogP contribution in [0.25, 0.3) is 0 Å². The number of nitrogens with zero attached hydrogens (tertiary/aromatic N) is 1. The molecule has 0 aliphatic rings. The molecule has 1 aromatic heterocycles. The Morgan fingerprint density at radius 3 is 2.42 bits per heavy atom. The molecule has 2 N–H and O–H groups in total. The first-order valence-corrected chi connectivity index (χ1v) is 5.32. The number of carboxylic acid groups (broad SMARTS) is 1. The van der Waals surface area contributed by atoms with Gasteiger partial charge in [-0.3, -0.25) is 4.79 Å². The summed E-state index contributed by atoms with van der Waals surface area (Å²) in [6.07, 6.45) is 1.28. The van der Waals surface area contributed by atoms with Crippen LogP contribution < -0.4 is 5.32 Å². The van der Waals surface area contributed by atoms with Crippen molar-refractivity contribution in [2.45, 2.75) is 0 Å². The molecular weight excluding hydrogens is 251 g/mol. The number of carbonyl (C=O) groups is 2. The van der Waals surface area contributed by atoms with Crippen LogP contribution in [-0.4, -0.2) is 22.0 Å². The van der Waals surface area contributed by atoms with Gasteiger partial charge in [0.15, 0.2) is 0 Å². The van der Waals surface area contributed by atoms with Crippen molar-refractivity contribution in [3.8, 4) is 0 Å². The largest absolute Gasteiger partial charge is 0.478 e. The molecule has 0 aliphatic heterocycles. The average Bonchev–Trinajstić information content (AvgIpc) is 2.39. The molecule has 0 saturated heterocycles. The number of nitrogens with one attached hydrogen (secondary N) is 1. The predicted molar refractivity (Wildman–Crippen MR) is 65.5 cm³/mol. The number of amides is 1. The van der Waals surface area contributed by atoms with E-state index in [0.29, 0.717) is 0 Å². The van der Waals surface area contributed by atoms with Crippen molar-refractivity contribution in [3.63, 3.8) is 0 Å². The van der Waals surface area contributed by atoms with Gasteiger partial charge in [0.05, 0.1) is 5.56 Å². The normalized spacial score (nSPS) is 9.95. The molecular formula is C13H9FN2O3. The summed E-state index contributed by atoms with van der Waals surface area (Å²) in [6, 6.07) is 7.53. The van der Waals surface area contributed by atoms with Crippen LogP contribution in [0.1, 0.15) is 20.7 Å². The van der Waals surface area contributed by atoms with E-state index in [0.717, 1.165) is 12.1 Å². The summed E-state index contributed by atoms with van der Waals surface area (Å²) < 4.78 is 12.7. The Bertz CT molecular complexity index is 626. The van der Waals surface area contributed by atoms with E-state index in [1.54, 1.807) is 0 Å². The SMILES string of the molecule is O=C(O)c1ccnc(NC(=O)c2ccc(F)cc2)c1. The number of benzene rings is 1. The number of halogens is 1. The van der Waals surface area contributed by atoms with Crippen molar-refractivity contribution < 1.29 is 19.1 Å². The molecule has 1 aromatic carbocycles. The predicted octanol–water partition coefficient (Wildman–Crippen LogP) is 2.17. The fourth-order valence-corrected chi connectivity index (χ4v) is 1.42. The highest BCUT2D eigenvalue weighted by Crippen LogP contribution is 2.09. The molecule has 0 aliphatic carbocycles. The molecule has 96 valence electrons. The van der Waals surface area contributed by atoms with Gasteiger partial charge >= 0.3 is 5.97 Å². The van der Waals surface area contributed by atoms with Crippen molar-refractivity contribution in [2.75, 3.05) is 5.32 Å². The van der Waals surface area contributed by atoms with Gasteiger partial charge in [0.25, 0.3) is 5.91 Å². The summed E-state index contributed by atoms with van der Waals surface area (Å²) in [7, 11) is 0. The number of carbonyl (C=O) groups excluding carboxylic acids is 1. The average molecular weight is 260 g/mol. The van der Waals surface area contributed by atoms with Crippen LogP contribution in [0.15, 0.2) is 42.6 Å². The number of pyridine rings is 1. The maximum absolute atomic E-state index is 12.7. The van der Waals surface area contributed by atoms with Gasteiger partial charge in [-0.15, -0.1) is 0 Å². The maximum atomic E-state index is 12.7. The zero-order valence-electron chi connectivity index (χ0n) is 9.63. The zero-order chi connectivity index (χ0) is 13.8. The summed E-state index contributed by atoms with van der Waals surface area (Å²) in [6.45, 7) is 0. The van der Waals surface area contributed by atoms with Gasteiger partial charge in [-0.05, 0) is 36.4 Å². The highest BCUT2D eigenvalue weighted by Gasteiger charge is 2.09. The van der Waals surface area contributed by atoms with Crippen molar-refractivity contribution in [1.29, 1.82) is 0 Å². The van der Waals surface area contributed by atoms with Gasteiger partial charge in [0.2, 0.25) is 0 Å². The third-order valence-corrected chi connectivity index (χ3v) is 2.35. The van der Waals surface area contributed by atoms with Crippen LogP contribution in [0.2, 0.25) is 0 Å². The molecule has 5 nitrogen and oxygen atoms in total. The molecule has 6 heteroatoms. The number of rotatable bonds is 3. The molecule has 0 unspecified atom stereocenters. The second-order valence-electron chi connectivity index (χ2n) is 3.70. The lowest BCUT2D eigenvalue weighted by Gasteiger charge is -2.05. The first-order valence-electron chi connectivity index (χ1n) is 5.32. The molecule has 1 heterocycles. The van der Waals surface area contributed by atoms with Gasteiger partial charge in [-0.2, -0.15) is 0 Å². The molecule has 19 heavy (non-hydrogen) atoms. The minimum atomic E-state index is -1.11. The van der Waals surface area contributed by atoms with Crippen molar-refractivity contribution in [1.82, 2.24) is 4.98 Å². The molecule has 2 aromatic rings. The van der Waals surface area contributed by atoms with Crippen molar-refractivity contribution in [3.05, 3.63) is 59.5 Å². The second-order valence-corrected chi connectivity index (χ2v) is 3.70. The fraction of sp³-hybridized carbons (Fsp3) is 0. The van der Waals surface area contributed by atoms with E-state index in [9.17, 15) is 14.0 Å². The Labute approximate surface area is 107 Å². The van der Waals surface area contributed by atoms with Crippen molar-refractivity contribution >= 4 is 17.7 Å². The third-order valence-electron chi connectivity index (χ3n) is 2.35. The smallest absolute Gasteiger partial charge is 0.335 e. The van der Waals surface area contributed by atoms with Crippen molar-refractivity contribution in [2.24, 2.45) is 0 Å². The Kier molecular flexibility index (Phi) is 3.51. The van der Waals surface area contributed by atoms with Crippen LogP contribution in [0.4, 0.5) is 10.2 Å². The number of hydrogen-bond acceptors (Lipinski definition) is 3. The summed E-state index contributed by atoms with van der Waals surface area (Å²) in [5.74, 6) is -1.92. The third kappa shape index (κ3) is 3.12. The quantitative estimate of drug-likeness (QED) is 0.886. The first kappa shape index (κ1) is 12.7. The van der Waals surface area contributed by atoms with E-state index in [-0.39, 0.29) is 16.9 Å². The lowest BCUT2D eigenvalue weighted by molar-refractivity contribution is 0.0696. The minimum Gasteiger partial charge on any atom is -0.478 e. The van der Waals surface area contributed by atoms with Crippen LogP contribution in [0.5, 0.6) is 0 Å². The van der Waals surface area contributed by atoms with Gasteiger partial charge in [0, 0.05) is 11.8 Å². The van der Waals surface area contributed by atoms with Gasteiger partial charge in [-0.1, -0.05) is 0 Å². The molecule has 0 radical (unpaired) electrons. The van der Waals surface area contributed by atoms with E-state index in [1.807, 2.05) is 0 Å². The number of carboxylic acids is 1. The van der Waals surface area contributed by atoms with E-state index in [1.165, 1.54) is 30.5 Å². The molecule has 0 bridgehead atoms. The van der Waals surface area contributed by atoms with E-state index in [4.69, 9.17) is 5.11 Å². The monoisotopic (exact) mass is 260 g/mol. The first-order chi connectivity index (χ1) is 9.06.